The maximum atomic E-state index is 15.1. The van der Waals surface area contributed by atoms with Crippen molar-refractivity contribution >= 4 is 24.0 Å². The van der Waals surface area contributed by atoms with Gasteiger partial charge in [0.2, 0.25) is 0 Å². The van der Waals surface area contributed by atoms with Gasteiger partial charge in [-0.05, 0) is 66.9 Å². The highest BCUT2D eigenvalue weighted by molar-refractivity contribution is 7.67. The molecule has 3 aromatic rings. The molecular formula is C28H37N2O4P. The van der Waals surface area contributed by atoms with Gasteiger partial charge in [0.1, 0.15) is 17.3 Å². The topological polar surface area (TPSA) is 60.0 Å². The second-order valence-corrected chi connectivity index (χ2v) is 11.5. The summed E-state index contributed by atoms with van der Waals surface area (Å²) >= 11 is 0. The molecule has 3 aromatic carbocycles. The van der Waals surface area contributed by atoms with Crippen molar-refractivity contribution in [3.05, 3.63) is 78.4 Å². The van der Waals surface area contributed by atoms with Gasteiger partial charge in [-0.2, -0.15) is 0 Å². The van der Waals surface area contributed by atoms with E-state index in [4.69, 9.17) is 14.0 Å². The molecule has 0 aliphatic rings. The van der Waals surface area contributed by atoms with Gasteiger partial charge in [0.25, 0.3) is 7.37 Å². The number of ether oxygens (including phenoxy) is 2. The SMILES string of the molecule is COc1ccc(OC)c([C@@H](Nc2ccccc2)[P@](=O)(OCCC(C)C)c2ccc(N(C)C)cc2)c1. The zero-order valence-electron chi connectivity index (χ0n) is 21.5. The molecule has 0 fully saturated rings. The van der Waals surface area contributed by atoms with Gasteiger partial charge in [-0.25, -0.2) is 0 Å². The molecular weight excluding hydrogens is 459 g/mol. The molecule has 0 saturated heterocycles. The minimum atomic E-state index is -3.51. The number of para-hydroxylation sites is 1. The molecule has 0 saturated carbocycles. The lowest BCUT2D eigenvalue weighted by molar-refractivity contribution is 0.289. The van der Waals surface area contributed by atoms with Gasteiger partial charge in [-0.15, -0.1) is 0 Å². The van der Waals surface area contributed by atoms with Crippen LogP contribution in [0.25, 0.3) is 0 Å². The fourth-order valence-electron chi connectivity index (χ4n) is 3.77. The van der Waals surface area contributed by atoms with Gasteiger partial charge in [0, 0.05) is 36.3 Å². The van der Waals surface area contributed by atoms with Crippen molar-refractivity contribution in [2.45, 2.75) is 26.1 Å². The zero-order valence-corrected chi connectivity index (χ0v) is 22.4. The number of rotatable bonds is 12. The molecule has 0 radical (unpaired) electrons. The van der Waals surface area contributed by atoms with Gasteiger partial charge in [-0.3, -0.25) is 4.57 Å². The first-order chi connectivity index (χ1) is 16.8. The molecule has 0 spiro atoms. The summed E-state index contributed by atoms with van der Waals surface area (Å²) in [6, 6.07) is 23.0. The van der Waals surface area contributed by atoms with Crippen LogP contribution in [0.2, 0.25) is 0 Å². The van der Waals surface area contributed by atoms with E-state index in [1.807, 2.05) is 91.8 Å². The van der Waals surface area contributed by atoms with Crippen LogP contribution in [0.15, 0.2) is 72.8 Å². The predicted molar refractivity (Wildman–Crippen MR) is 146 cm³/mol. The van der Waals surface area contributed by atoms with Crippen molar-refractivity contribution in [1.82, 2.24) is 0 Å². The standard InChI is InChI=1S/C28H37N2O4P/c1-21(2)18-19-34-35(31,25-15-12-23(13-16-25)30(3)4)28(29-22-10-8-7-9-11-22)26-20-24(32-5)14-17-27(26)33-6/h7-17,20-21,28-29H,18-19H2,1-6H3/t28-,35+/m0/s1. The largest absolute Gasteiger partial charge is 0.497 e. The molecule has 1 N–H and O–H groups in total. The summed E-state index contributed by atoms with van der Waals surface area (Å²) in [6.07, 6.45) is 0.799. The van der Waals surface area contributed by atoms with Crippen LogP contribution in [-0.2, 0) is 9.09 Å². The summed E-state index contributed by atoms with van der Waals surface area (Å²) in [5.41, 5.74) is 2.56. The normalized spacial score (nSPS) is 13.7. The van der Waals surface area contributed by atoms with Gasteiger partial charge < -0.3 is 24.2 Å². The average Bonchev–Trinajstić information content (AvgIpc) is 2.87. The highest BCUT2D eigenvalue weighted by atomic mass is 31.2. The Hall–Kier alpha value is -2.95. The van der Waals surface area contributed by atoms with Crippen molar-refractivity contribution < 1.29 is 18.6 Å². The fourth-order valence-corrected chi connectivity index (χ4v) is 6.20. The van der Waals surface area contributed by atoms with Gasteiger partial charge in [-0.1, -0.05) is 32.0 Å². The van der Waals surface area contributed by atoms with Crippen LogP contribution in [0.3, 0.4) is 0 Å². The Balaban J connectivity index is 2.19. The van der Waals surface area contributed by atoms with Gasteiger partial charge in [0.05, 0.1) is 20.8 Å². The lowest BCUT2D eigenvalue weighted by Crippen LogP contribution is -2.22. The molecule has 7 heteroatoms. The molecule has 6 nitrogen and oxygen atoms in total. The molecule has 35 heavy (non-hydrogen) atoms. The summed E-state index contributed by atoms with van der Waals surface area (Å²) in [5.74, 6) is 0.980. The first kappa shape index (κ1) is 26.7. The monoisotopic (exact) mass is 496 g/mol. The van der Waals surface area contributed by atoms with E-state index in [0.29, 0.717) is 34.9 Å². The van der Waals surface area contributed by atoms with Crippen LogP contribution in [0.5, 0.6) is 11.5 Å². The minimum Gasteiger partial charge on any atom is -0.497 e. The highest BCUT2D eigenvalue weighted by Crippen LogP contribution is 2.61. The van der Waals surface area contributed by atoms with Crippen molar-refractivity contribution in [2.24, 2.45) is 5.92 Å². The maximum absolute atomic E-state index is 15.1. The quantitative estimate of drug-likeness (QED) is 0.287. The molecule has 0 aromatic heterocycles. The maximum Gasteiger partial charge on any atom is 0.258 e. The van der Waals surface area contributed by atoms with Gasteiger partial charge in [0.15, 0.2) is 0 Å². The van der Waals surface area contributed by atoms with E-state index >= 15 is 4.57 Å². The van der Waals surface area contributed by atoms with Crippen molar-refractivity contribution in [3.63, 3.8) is 0 Å². The molecule has 0 bridgehead atoms. The molecule has 0 amide bonds. The van der Waals surface area contributed by atoms with Crippen molar-refractivity contribution in [3.8, 4) is 11.5 Å². The second kappa shape index (κ2) is 12.1. The molecule has 0 heterocycles. The Morgan fingerprint density at radius 3 is 2.17 bits per heavy atom. The number of nitrogens with one attached hydrogen (secondary N) is 1. The van der Waals surface area contributed by atoms with Crippen LogP contribution in [0, 0.1) is 5.92 Å². The average molecular weight is 497 g/mol. The van der Waals surface area contributed by atoms with Gasteiger partial charge >= 0.3 is 0 Å². The molecule has 0 aliphatic heterocycles. The van der Waals surface area contributed by atoms with E-state index in [1.54, 1.807) is 14.2 Å². The third-order valence-electron chi connectivity index (χ3n) is 5.85. The lowest BCUT2D eigenvalue weighted by Gasteiger charge is -2.31. The summed E-state index contributed by atoms with van der Waals surface area (Å²) in [6.45, 7) is 4.64. The lowest BCUT2D eigenvalue weighted by atomic mass is 10.1. The number of nitrogens with zero attached hydrogens (tertiary/aromatic N) is 1. The Morgan fingerprint density at radius 1 is 0.914 bits per heavy atom. The Bertz CT molecular complexity index is 1120. The Morgan fingerprint density at radius 2 is 1.60 bits per heavy atom. The number of hydrogen-bond donors (Lipinski definition) is 1. The Labute approximate surface area is 209 Å². The summed E-state index contributed by atoms with van der Waals surface area (Å²) in [7, 11) is 3.68. The smallest absolute Gasteiger partial charge is 0.258 e. The number of hydrogen-bond acceptors (Lipinski definition) is 6. The van der Waals surface area contributed by atoms with Crippen LogP contribution < -0.4 is 25.0 Å². The molecule has 0 unspecified atom stereocenters. The Kier molecular flexibility index (Phi) is 9.25. The third-order valence-corrected chi connectivity index (χ3v) is 8.52. The molecule has 3 rings (SSSR count). The van der Waals surface area contributed by atoms with E-state index < -0.39 is 13.2 Å². The van der Waals surface area contributed by atoms with Crippen molar-refractivity contribution in [1.29, 1.82) is 0 Å². The van der Waals surface area contributed by atoms with E-state index in [9.17, 15) is 0 Å². The van der Waals surface area contributed by atoms with Crippen LogP contribution in [0.1, 0.15) is 31.6 Å². The van der Waals surface area contributed by atoms with E-state index in [-0.39, 0.29) is 0 Å². The van der Waals surface area contributed by atoms with Crippen LogP contribution in [0.4, 0.5) is 11.4 Å². The number of benzene rings is 3. The van der Waals surface area contributed by atoms with E-state index in [1.165, 1.54) is 0 Å². The minimum absolute atomic E-state index is 0.379. The molecule has 0 aliphatic carbocycles. The third kappa shape index (κ3) is 6.59. The number of methoxy groups -OCH3 is 2. The first-order valence-electron chi connectivity index (χ1n) is 11.8. The van der Waals surface area contributed by atoms with Crippen molar-refractivity contribution in [2.75, 3.05) is 45.1 Å². The predicted octanol–water partition coefficient (Wildman–Crippen LogP) is 6.55. The number of anilines is 2. The summed E-state index contributed by atoms with van der Waals surface area (Å²) < 4.78 is 32.6. The van der Waals surface area contributed by atoms with Crippen LogP contribution >= 0.6 is 7.37 Å². The van der Waals surface area contributed by atoms with E-state index in [0.717, 1.165) is 17.8 Å². The molecule has 2 atom stereocenters. The fraction of sp³-hybridized carbons (Fsp3) is 0.357. The highest BCUT2D eigenvalue weighted by Gasteiger charge is 2.40. The second-order valence-electron chi connectivity index (χ2n) is 9.04. The first-order valence-corrected chi connectivity index (χ1v) is 13.5. The van der Waals surface area contributed by atoms with Crippen LogP contribution in [-0.4, -0.2) is 34.9 Å². The summed E-state index contributed by atoms with van der Waals surface area (Å²) in [4.78, 5) is 2.01. The summed E-state index contributed by atoms with van der Waals surface area (Å²) in [5, 5.41) is 4.15. The zero-order chi connectivity index (χ0) is 25.4. The molecule has 188 valence electrons. The van der Waals surface area contributed by atoms with E-state index in [2.05, 4.69) is 19.2 Å².